The number of β-amino-alcohol motifs (C(OH)–C–C–N with tert-alkyl or cyclic N) is 1. The second-order valence-corrected chi connectivity index (χ2v) is 6.52. The van der Waals surface area contributed by atoms with Gasteiger partial charge < -0.3 is 15.3 Å². The fourth-order valence-electron chi connectivity index (χ4n) is 2.40. The lowest BCUT2D eigenvalue weighted by Crippen LogP contribution is -2.51. The van der Waals surface area contributed by atoms with Gasteiger partial charge in [-0.2, -0.15) is 0 Å². The summed E-state index contributed by atoms with van der Waals surface area (Å²) in [5.74, 6) is -0.444. The number of carbonyl (C=O) groups is 2. The van der Waals surface area contributed by atoms with Crippen molar-refractivity contribution >= 4 is 27.7 Å². The van der Waals surface area contributed by atoms with E-state index in [4.69, 9.17) is 0 Å². The lowest BCUT2D eigenvalue weighted by Gasteiger charge is -2.36. The van der Waals surface area contributed by atoms with Crippen LogP contribution in [0.2, 0.25) is 0 Å². The van der Waals surface area contributed by atoms with Crippen molar-refractivity contribution in [3.63, 3.8) is 0 Å². The molecule has 1 heterocycles. The maximum atomic E-state index is 12.1. The van der Waals surface area contributed by atoms with Crippen LogP contribution >= 0.6 is 15.9 Å². The molecule has 0 aliphatic carbocycles. The van der Waals surface area contributed by atoms with Crippen LogP contribution in [-0.2, 0) is 4.79 Å². The first-order valence-corrected chi connectivity index (χ1v) is 7.71. The molecule has 0 radical (unpaired) electrons. The first-order valence-electron chi connectivity index (χ1n) is 6.91. The summed E-state index contributed by atoms with van der Waals surface area (Å²) in [7, 11) is 0. The average Bonchev–Trinajstić information content (AvgIpc) is 2.44. The zero-order chi connectivity index (χ0) is 15.5. The predicted octanol–water partition coefficient (Wildman–Crippen LogP) is 1.55. The lowest BCUT2D eigenvalue weighted by atomic mass is 9.95. The molecule has 6 heteroatoms. The standard InChI is InChI=1S/C15H19BrN2O3/c1-15(21)7-2-8-18(10-15)13(19)9-17-14(20)11-3-5-12(16)6-4-11/h3-6,21H,2,7-10H2,1H3,(H,17,20). The van der Waals surface area contributed by atoms with Gasteiger partial charge in [0, 0.05) is 23.1 Å². The smallest absolute Gasteiger partial charge is 0.251 e. The topological polar surface area (TPSA) is 69.6 Å². The number of hydrogen-bond donors (Lipinski definition) is 2. The van der Waals surface area contributed by atoms with Gasteiger partial charge in [-0.15, -0.1) is 0 Å². The van der Waals surface area contributed by atoms with E-state index < -0.39 is 5.60 Å². The molecule has 1 aliphatic rings. The monoisotopic (exact) mass is 354 g/mol. The first kappa shape index (κ1) is 16.0. The molecule has 0 bridgehead atoms. The van der Waals surface area contributed by atoms with E-state index in [1.807, 2.05) is 0 Å². The van der Waals surface area contributed by atoms with Gasteiger partial charge in [0.05, 0.1) is 12.1 Å². The van der Waals surface area contributed by atoms with Gasteiger partial charge in [-0.05, 0) is 44.0 Å². The quantitative estimate of drug-likeness (QED) is 0.865. The summed E-state index contributed by atoms with van der Waals surface area (Å²) in [6.07, 6.45) is 1.47. The predicted molar refractivity (Wildman–Crippen MR) is 82.9 cm³/mol. The fourth-order valence-corrected chi connectivity index (χ4v) is 2.67. The second-order valence-electron chi connectivity index (χ2n) is 5.61. The van der Waals surface area contributed by atoms with Crippen molar-refractivity contribution in [1.29, 1.82) is 0 Å². The van der Waals surface area contributed by atoms with Crippen molar-refractivity contribution in [2.45, 2.75) is 25.4 Å². The third-order valence-corrected chi connectivity index (χ3v) is 4.06. The van der Waals surface area contributed by atoms with Crippen LogP contribution in [-0.4, -0.2) is 47.1 Å². The number of piperidine rings is 1. The molecule has 21 heavy (non-hydrogen) atoms. The number of halogens is 1. The van der Waals surface area contributed by atoms with Crippen LogP contribution < -0.4 is 5.32 Å². The zero-order valence-corrected chi connectivity index (χ0v) is 13.5. The Hall–Kier alpha value is -1.40. The Morgan fingerprint density at radius 3 is 2.67 bits per heavy atom. The van der Waals surface area contributed by atoms with Gasteiger partial charge >= 0.3 is 0 Å². The number of amides is 2. The summed E-state index contributed by atoms with van der Waals surface area (Å²) >= 11 is 3.30. The van der Waals surface area contributed by atoms with Crippen molar-refractivity contribution in [1.82, 2.24) is 10.2 Å². The Morgan fingerprint density at radius 2 is 2.05 bits per heavy atom. The minimum atomic E-state index is -0.830. The third kappa shape index (κ3) is 4.54. The van der Waals surface area contributed by atoms with Crippen LogP contribution in [0.15, 0.2) is 28.7 Å². The molecule has 5 nitrogen and oxygen atoms in total. The number of likely N-dealkylation sites (tertiary alicyclic amines) is 1. The molecule has 1 aromatic rings. The highest BCUT2D eigenvalue weighted by molar-refractivity contribution is 9.10. The molecule has 2 rings (SSSR count). The van der Waals surface area contributed by atoms with E-state index in [-0.39, 0.29) is 18.4 Å². The van der Waals surface area contributed by atoms with Crippen LogP contribution in [0, 0.1) is 0 Å². The van der Waals surface area contributed by atoms with Gasteiger partial charge in [0.1, 0.15) is 0 Å². The molecular weight excluding hydrogens is 336 g/mol. The van der Waals surface area contributed by atoms with E-state index >= 15 is 0 Å². The Morgan fingerprint density at radius 1 is 1.38 bits per heavy atom. The number of hydrogen-bond acceptors (Lipinski definition) is 3. The summed E-state index contributed by atoms with van der Waals surface area (Å²) < 4.78 is 0.894. The molecule has 0 saturated carbocycles. The maximum absolute atomic E-state index is 12.1. The van der Waals surface area contributed by atoms with Crippen molar-refractivity contribution in [2.24, 2.45) is 0 Å². The summed E-state index contributed by atoms with van der Waals surface area (Å²) in [5, 5.41) is 12.6. The molecule has 2 N–H and O–H groups in total. The fraction of sp³-hybridized carbons (Fsp3) is 0.467. The maximum Gasteiger partial charge on any atom is 0.251 e. The van der Waals surface area contributed by atoms with Crippen LogP contribution in [0.25, 0.3) is 0 Å². The Bertz CT molecular complexity index is 528. The average molecular weight is 355 g/mol. The molecule has 2 amide bonds. The van der Waals surface area contributed by atoms with Crippen LogP contribution in [0.4, 0.5) is 0 Å². The van der Waals surface area contributed by atoms with E-state index in [9.17, 15) is 14.7 Å². The van der Waals surface area contributed by atoms with Gasteiger partial charge in [0.2, 0.25) is 5.91 Å². The summed E-state index contributed by atoms with van der Waals surface area (Å²) in [4.78, 5) is 25.6. The van der Waals surface area contributed by atoms with Crippen LogP contribution in [0.5, 0.6) is 0 Å². The number of rotatable bonds is 3. The largest absolute Gasteiger partial charge is 0.388 e. The van der Waals surface area contributed by atoms with Gasteiger partial charge in [0.25, 0.3) is 5.91 Å². The number of benzene rings is 1. The van der Waals surface area contributed by atoms with E-state index in [0.29, 0.717) is 25.1 Å². The third-order valence-electron chi connectivity index (χ3n) is 3.53. The minimum absolute atomic E-state index is 0.0506. The van der Waals surface area contributed by atoms with E-state index in [1.165, 1.54) is 0 Å². The van der Waals surface area contributed by atoms with E-state index in [1.54, 1.807) is 36.1 Å². The molecule has 1 fully saturated rings. The highest BCUT2D eigenvalue weighted by Gasteiger charge is 2.30. The number of carbonyl (C=O) groups excluding carboxylic acids is 2. The van der Waals surface area contributed by atoms with Crippen molar-refractivity contribution in [3.05, 3.63) is 34.3 Å². The highest BCUT2D eigenvalue weighted by atomic mass is 79.9. The molecule has 1 atom stereocenters. The van der Waals surface area contributed by atoms with E-state index in [0.717, 1.165) is 10.9 Å². The van der Waals surface area contributed by atoms with Gasteiger partial charge in [-0.3, -0.25) is 9.59 Å². The minimum Gasteiger partial charge on any atom is -0.388 e. The molecule has 1 unspecified atom stereocenters. The Labute approximate surface area is 132 Å². The normalized spacial score (nSPS) is 22.0. The van der Waals surface area contributed by atoms with E-state index in [2.05, 4.69) is 21.2 Å². The lowest BCUT2D eigenvalue weighted by molar-refractivity contribution is -0.136. The van der Waals surface area contributed by atoms with Crippen LogP contribution in [0.1, 0.15) is 30.1 Å². The molecule has 1 saturated heterocycles. The Kier molecular flexibility index (Phi) is 5.00. The molecule has 0 spiro atoms. The molecule has 114 valence electrons. The second kappa shape index (κ2) is 6.58. The van der Waals surface area contributed by atoms with Crippen molar-refractivity contribution in [3.8, 4) is 0 Å². The molecular formula is C15H19BrN2O3. The highest BCUT2D eigenvalue weighted by Crippen LogP contribution is 2.20. The number of nitrogens with one attached hydrogen (secondary N) is 1. The summed E-state index contributed by atoms with van der Waals surface area (Å²) in [6.45, 7) is 2.63. The SMILES string of the molecule is CC1(O)CCCN(C(=O)CNC(=O)c2ccc(Br)cc2)C1. The number of aliphatic hydroxyl groups is 1. The summed E-state index contributed by atoms with van der Waals surface area (Å²) in [5.41, 5.74) is -0.319. The number of nitrogens with zero attached hydrogens (tertiary/aromatic N) is 1. The summed E-state index contributed by atoms with van der Waals surface area (Å²) in [6, 6.07) is 6.93. The molecule has 1 aromatic carbocycles. The van der Waals surface area contributed by atoms with Crippen molar-refractivity contribution in [2.75, 3.05) is 19.6 Å². The molecule has 0 aromatic heterocycles. The van der Waals surface area contributed by atoms with Gasteiger partial charge in [-0.25, -0.2) is 0 Å². The Balaban J connectivity index is 1.86. The zero-order valence-electron chi connectivity index (χ0n) is 11.9. The van der Waals surface area contributed by atoms with Crippen LogP contribution in [0.3, 0.4) is 0 Å². The van der Waals surface area contributed by atoms with Crippen molar-refractivity contribution < 1.29 is 14.7 Å². The molecule has 1 aliphatic heterocycles. The van der Waals surface area contributed by atoms with Gasteiger partial charge in [0.15, 0.2) is 0 Å². The van der Waals surface area contributed by atoms with Gasteiger partial charge in [-0.1, -0.05) is 15.9 Å². The first-order chi connectivity index (χ1) is 9.87.